The highest BCUT2D eigenvalue weighted by Crippen LogP contribution is 2.33. The maximum atomic E-state index is 12.8. The highest BCUT2D eigenvalue weighted by molar-refractivity contribution is 5.97. The number of rotatable bonds is 4. The number of methoxy groups -OCH3 is 1. The van der Waals surface area contributed by atoms with E-state index in [1.807, 2.05) is 37.3 Å². The van der Waals surface area contributed by atoms with E-state index in [0.29, 0.717) is 24.5 Å². The second-order valence-corrected chi connectivity index (χ2v) is 7.13. The molecule has 1 N–H and O–H groups in total. The molecule has 0 bridgehead atoms. The summed E-state index contributed by atoms with van der Waals surface area (Å²) in [6.45, 7) is 4.06. The van der Waals surface area contributed by atoms with Crippen LogP contribution < -0.4 is 5.32 Å². The van der Waals surface area contributed by atoms with Crippen molar-refractivity contribution in [1.82, 2.24) is 15.1 Å². The minimum atomic E-state index is -0.956. The number of nitrogens with zero attached hydrogens (tertiary/aromatic N) is 2. The lowest BCUT2D eigenvalue weighted by atomic mass is 9.77. The molecule has 138 valence electrons. The first-order chi connectivity index (χ1) is 12.4. The molecule has 1 aromatic carbocycles. The predicted molar refractivity (Wildman–Crippen MR) is 98.1 cm³/mol. The Morgan fingerprint density at radius 1 is 1.23 bits per heavy atom. The Morgan fingerprint density at radius 3 is 2.50 bits per heavy atom. The highest BCUT2D eigenvalue weighted by Gasteiger charge is 2.43. The third-order valence-corrected chi connectivity index (χ3v) is 5.18. The second kappa shape index (κ2) is 7.32. The molecule has 1 aliphatic rings. The van der Waals surface area contributed by atoms with Crippen molar-refractivity contribution >= 4 is 11.9 Å². The van der Waals surface area contributed by atoms with Crippen LogP contribution in [0.3, 0.4) is 0 Å². The number of carbonyl (C=O) groups is 2. The fourth-order valence-electron chi connectivity index (χ4n) is 3.53. The van der Waals surface area contributed by atoms with Crippen LogP contribution in [0.25, 0.3) is 5.69 Å². The van der Waals surface area contributed by atoms with E-state index in [1.165, 1.54) is 7.11 Å². The maximum absolute atomic E-state index is 12.8. The molecule has 1 heterocycles. The Balaban J connectivity index is 1.84. The zero-order valence-electron chi connectivity index (χ0n) is 15.5. The highest BCUT2D eigenvalue weighted by atomic mass is 16.5. The number of hydrogen-bond acceptors (Lipinski definition) is 4. The minimum absolute atomic E-state index is 0.299. The van der Waals surface area contributed by atoms with Crippen LogP contribution in [0.2, 0.25) is 0 Å². The molecule has 0 aliphatic heterocycles. The smallest absolute Gasteiger partial charge is 0.331 e. The standard InChI is InChI=1S/C20H25N3O3/c1-14-9-11-20(12-10-14,19(25)26-3)21-18(24)17-13-15(2)23(22-17)16-7-5-4-6-8-16/h4-8,13-14H,9-12H2,1-3H3,(H,21,24). The summed E-state index contributed by atoms with van der Waals surface area (Å²) >= 11 is 0. The lowest BCUT2D eigenvalue weighted by Crippen LogP contribution is -2.56. The Hall–Kier alpha value is -2.63. The first kappa shape index (κ1) is 18.2. The Labute approximate surface area is 153 Å². The monoisotopic (exact) mass is 355 g/mol. The molecule has 2 aromatic rings. The maximum Gasteiger partial charge on any atom is 0.331 e. The molecule has 3 rings (SSSR count). The average molecular weight is 355 g/mol. The minimum Gasteiger partial charge on any atom is -0.467 e. The summed E-state index contributed by atoms with van der Waals surface area (Å²) in [5, 5.41) is 7.35. The number of ether oxygens (including phenoxy) is 1. The van der Waals surface area contributed by atoms with E-state index in [-0.39, 0.29) is 11.9 Å². The average Bonchev–Trinajstić information content (AvgIpc) is 3.05. The Kier molecular flexibility index (Phi) is 5.11. The number of aryl methyl sites for hydroxylation is 1. The van der Waals surface area contributed by atoms with Crippen LogP contribution in [-0.4, -0.2) is 34.3 Å². The normalized spacial score (nSPS) is 22.7. The van der Waals surface area contributed by atoms with E-state index < -0.39 is 5.54 Å². The number of amides is 1. The SMILES string of the molecule is COC(=O)C1(NC(=O)c2cc(C)n(-c3ccccc3)n2)CCC(C)CC1. The second-order valence-electron chi connectivity index (χ2n) is 7.13. The van der Waals surface area contributed by atoms with E-state index in [2.05, 4.69) is 17.3 Å². The van der Waals surface area contributed by atoms with Gasteiger partial charge in [-0.3, -0.25) is 4.79 Å². The molecule has 6 nitrogen and oxygen atoms in total. The molecule has 26 heavy (non-hydrogen) atoms. The molecule has 1 aromatic heterocycles. The fraction of sp³-hybridized carbons (Fsp3) is 0.450. The van der Waals surface area contributed by atoms with Gasteiger partial charge in [-0.15, -0.1) is 0 Å². The van der Waals surface area contributed by atoms with Crippen molar-refractivity contribution in [2.24, 2.45) is 5.92 Å². The number of hydrogen-bond donors (Lipinski definition) is 1. The fourth-order valence-corrected chi connectivity index (χ4v) is 3.53. The number of benzene rings is 1. The number of nitrogens with one attached hydrogen (secondary N) is 1. The molecule has 1 aliphatic carbocycles. The van der Waals surface area contributed by atoms with Gasteiger partial charge in [0.2, 0.25) is 0 Å². The van der Waals surface area contributed by atoms with Crippen LogP contribution in [0, 0.1) is 12.8 Å². The molecule has 0 radical (unpaired) electrons. The summed E-state index contributed by atoms with van der Waals surface area (Å²) in [5.41, 5.74) is 1.08. The van der Waals surface area contributed by atoms with Gasteiger partial charge in [-0.05, 0) is 56.7 Å². The van der Waals surface area contributed by atoms with Crippen molar-refractivity contribution in [1.29, 1.82) is 0 Å². The van der Waals surface area contributed by atoms with Gasteiger partial charge in [0.05, 0.1) is 12.8 Å². The summed E-state index contributed by atoms with van der Waals surface area (Å²) in [6, 6.07) is 11.4. The number of esters is 1. The van der Waals surface area contributed by atoms with Crippen molar-refractivity contribution < 1.29 is 14.3 Å². The van der Waals surface area contributed by atoms with Crippen molar-refractivity contribution in [3.63, 3.8) is 0 Å². The lowest BCUT2D eigenvalue weighted by molar-refractivity contribution is -0.150. The van der Waals surface area contributed by atoms with E-state index >= 15 is 0 Å². The molecule has 1 saturated carbocycles. The van der Waals surface area contributed by atoms with Crippen LogP contribution >= 0.6 is 0 Å². The van der Waals surface area contributed by atoms with E-state index in [9.17, 15) is 9.59 Å². The molecule has 0 spiro atoms. The summed E-state index contributed by atoms with van der Waals surface area (Å²) in [4.78, 5) is 25.2. The third-order valence-electron chi connectivity index (χ3n) is 5.18. The quantitative estimate of drug-likeness (QED) is 0.856. The van der Waals surface area contributed by atoms with Crippen LogP contribution in [-0.2, 0) is 9.53 Å². The zero-order chi connectivity index (χ0) is 18.7. The van der Waals surface area contributed by atoms with Gasteiger partial charge in [-0.25, -0.2) is 9.48 Å². The lowest BCUT2D eigenvalue weighted by Gasteiger charge is -2.37. The topological polar surface area (TPSA) is 73.2 Å². The number of carbonyl (C=O) groups excluding carboxylic acids is 2. The van der Waals surface area contributed by atoms with Gasteiger partial charge in [-0.1, -0.05) is 25.1 Å². The van der Waals surface area contributed by atoms with Gasteiger partial charge >= 0.3 is 5.97 Å². The summed E-state index contributed by atoms with van der Waals surface area (Å²) in [6.07, 6.45) is 2.94. The van der Waals surface area contributed by atoms with E-state index in [0.717, 1.165) is 24.2 Å². The Bertz CT molecular complexity index is 790. The van der Waals surface area contributed by atoms with Crippen molar-refractivity contribution in [2.75, 3.05) is 7.11 Å². The van der Waals surface area contributed by atoms with Crippen molar-refractivity contribution in [2.45, 2.75) is 45.1 Å². The summed E-state index contributed by atoms with van der Waals surface area (Å²) in [5.74, 6) is -0.177. The van der Waals surface area contributed by atoms with E-state index in [4.69, 9.17) is 4.74 Å². The number of aromatic nitrogens is 2. The summed E-state index contributed by atoms with van der Waals surface area (Å²) in [7, 11) is 1.36. The number of para-hydroxylation sites is 1. The van der Waals surface area contributed by atoms with Crippen LogP contribution in [0.15, 0.2) is 36.4 Å². The Morgan fingerprint density at radius 2 is 1.88 bits per heavy atom. The predicted octanol–water partition coefficient (Wildman–Crippen LogP) is 3.03. The van der Waals surface area contributed by atoms with Gasteiger partial charge in [0.15, 0.2) is 5.69 Å². The molecular weight excluding hydrogens is 330 g/mol. The molecular formula is C20H25N3O3. The molecule has 6 heteroatoms. The molecule has 0 saturated heterocycles. The van der Waals surface area contributed by atoms with E-state index in [1.54, 1.807) is 10.7 Å². The third kappa shape index (κ3) is 3.49. The van der Waals surface area contributed by atoms with Crippen molar-refractivity contribution in [3.05, 3.63) is 47.8 Å². The van der Waals surface area contributed by atoms with Crippen LogP contribution in [0.5, 0.6) is 0 Å². The van der Waals surface area contributed by atoms with Crippen LogP contribution in [0.4, 0.5) is 0 Å². The summed E-state index contributed by atoms with van der Waals surface area (Å²) < 4.78 is 6.71. The molecule has 1 amide bonds. The van der Waals surface area contributed by atoms with Gasteiger partial charge in [0.25, 0.3) is 5.91 Å². The van der Waals surface area contributed by atoms with Crippen LogP contribution in [0.1, 0.15) is 48.8 Å². The molecule has 1 fully saturated rings. The zero-order valence-corrected chi connectivity index (χ0v) is 15.5. The molecule has 0 atom stereocenters. The molecule has 0 unspecified atom stereocenters. The van der Waals surface area contributed by atoms with Gasteiger partial charge in [0.1, 0.15) is 5.54 Å². The van der Waals surface area contributed by atoms with Gasteiger partial charge < -0.3 is 10.1 Å². The first-order valence-electron chi connectivity index (χ1n) is 8.98. The van der Waals surface area contributed by atoms with Gasteiger partial charge in [0, 0.05) is 5.69 Å². The van der Waals surface area contributed by atoms with Gasteiger partial charge in [-0.2, -0.15) is 5.10 Å². The van der Waals surface area contributed by atoms with Crippen molar-refractivity contribution in [3.8, 4) is 5.69 Å². The largest absolute Gasteiger partial charge is 0.467 e. The first-order valence-corrected chi connectivity index (χ1v) is 8.98.